The molecule has 0 fully saturated rings. The van der Waals surface area contributed by atoms with E-state index in [0.717, 1.165) is 5.69 Å². The molecule has 0 amide bonds. The zero-order chi connectivity index (χ0) is 13.8. The normalized spacial score (nSPS) is 12.7. The highest BCUT2D eigenvalue weighted by molar-refractivity contribution is 6.14. The van der Waals surface area contributed by atoms with E-state index in [2.05, 4.69) is 49.3 Å². The average Bonchev–Trinajstić information content (AvgIpc) is 2.25. The number of aliphatic imine (C=N–C) groups is 1. The summed E-state index contributed by atoms with van der Waals surface area (Å²) in [7, 11) is 0. The Labute approximate surface area is 110 Å². The summed E-state index contributed by atoms with van der Waals surface area (Å²) in [5, 5.41) is 10.4. The first-order chi connectivity index (χ1) is 8.26. The van der Waals surface area contributed by atoms with Gasteiger partial charge < -0.3 is 10.7 Å². The quantitative estimate of drug-likeness (QED) is 0.778. The molecule has 0 saturated heterocycles. The SMILES string of the molecule is CC(C)(/N=C\C=N)Nc1ccccc1C(C)(C)C. The number of anilines is 1. The summed E-state index contributed by atoms with van der Waals surface area (Å²) in [6.45, 7) is 10.6. The molecule has 0 aliphatic heterocycles. The molecule has 0 saturated carbocycles. The van der Waals surface area contributed by atoms with Crippen LogP contribution in [0, 0.1) is 5.41 Å². The van der Waals surface area contributed by atoms with Crippen molar-refractivity contribution in [3.05, 3.63) is 29.8 Å². The van der Waals surface area contributed by atoms with E-state index in [-0.39, 0.29) is 5.41 Å². The Morgan fingerprint density at radius 1 is 1.11 bits per heavy atom. The number of hydrogen-bond donors (Lipinski definition) is 2. The van der Waals surface area contributed by atoms with Crippen molar-refractivity contribution >= 4 is 18.1 Å². The minimum atomic E-state index is -0.418. The van der Waals surface area contributed by atoms with Crippen LogP contribution in [0.4, 0.5) is 5.69 Å². The van der Waals surface area contributed by atoms with E-state index in [1.165, 1.54) is 18.0 Å². The van der Waals surface area contributed by atoms with E-state index >= 15 is 0 Å². The van der Waals surface area contributed by atoms with Gasteiger partial charge in [0, 0.05) is 18.1 Å². The number of nitrogens with zero attached hydrogens (tertiary/aromatic N) is 1. The number of para-hydroxylation sites is 1. The van der Waals surface area contributed by atoms with Crippen LogP contribution in [0.25, 0.3) is 0 Å². The zero-order valence-electron chi connectivity index (χ0n) is 11.9. The van der Waals surface area contributed by atoms with Gasteiger partial charge in [0.2, 0.25) is 0 Å². The second-order valence-corrected chi connectivity index (χ2v) is 5.92. The topological polar surface area (TPSA) is 48.2 Å². The first-order valence-corrected chi connectivity index (χ1v) is 6.18. The molecule has 0 bridgehead atoms. The number of benzene rings is 1. The van der Waals surface area contributed by atoms with Crippen LogP contribution in [0.1, 0.15) is 40.2 Å². The van der Waals surface area contributed by atoms with E-state index in [0.29, 0.717) is 0 Å². The van der Waals surface area contributed by atoms with E-state index < -0.39 is 5.66 Å². The van der Waals surface area contributed by atoms with Crippen LogP contribution in [0.5, 0.6) is 0 Å². The molecule has 0 aliphatic rings. The monoisotopic (exact) mass is 245 g/mol. The molecular formula is C15H23N3. The molecule has 0 heterocycles. The molecule has 1 aromatic carbocycles. The molecule has 0 radical (unpaired) electrons. The zero-order valence-corrected chi connectivity index (χ0v) is 11.9. The van der Waals surface area contributed by atoms with Crippen LogP contribution >= 0.6 is 0 Å². The predicted octanol–water partition coefficient (Wildman–Crippen LogP) is 3.85. The molecule has 98 valence electrons. The van der Waals surface area contributed by atoms with Gasteiger partial charge in [-0.3, -0.25) is 4.99 Å². The second-order valence-electron chi connectivity index (χ2n) is 5.92. The van der Waals surface area contributed by atoms with Crippen LogP contribution in [0.3, 0.4) is 0 Å². The predicted molar refractivity (Wildman–Crippen MR) is 80.1 cm³/mol. The van der Waals surface area contributed by atoms with Gasteiger partial charge in [-0.05, 0) is 30.9 Å². The second kappa shape index (κ2) is 5.34. The fourth-order valence-corrected chi connectivity index (χ4v) is 1.83. The van der Waals surface area contributed by atoms with Crippen molar-refractivity contribution in [3.8, 4) is 0 Å². The fourth-order valence-electron chi connectivity index (χ4n) is 1.83. The Kier molecular flexibility index (Phi) is 4.28. The summed E-state index contributed by atoms with van der Waals surface area (Å²) in [5.41, 5.74) is 2.03. The van der Waals surface area contributed by atoms with Gasteiger partial charge >= 0.3 is 0 Å². The molecule has 0 aromatic heterocycles. The lowest BCUT2D eigenvalue weighted by atomic mass is 9.85. The fraction of sp³-hybridized carbons (Fsp3) is 0.467. The van der Waals surface area contributed by atoms with E-state index in [9.17, 15) is 0 Å². The molecule has 3 heteroatoms. The highest BCUT2D eigenvalue weighted by Crippen LogP contribution is 2.31. The van der Waals surface area contributed by atoms with Gasteiger partial charge in [-0.2, -0.15) is 0 Å². The molecule has 0 spiro atoms. The highest BCUT2D eigenvalue weighted by Gasteiger charge is 2.21. The first-order valence-electron chi connectivity index (χ1n) is 6.18. The Morgan fingerprint density at radius 2 is 1.72 bits per heavy atom. The Morgan fingerprint density at radius 3 is 2.28 bits per heavy atom. The Bertz CT molecular complexity index is 439. The standard InChI is InChI=1S/C15H23N3/c1-14(2,3)12-8-6-7-9-13(12)18-15(4,5)17-11-10-16/h6-11,16,18H,1-5H3/b16-10?,17-11-. The molecule has 0 unspecified atom stereocenters. The van der Waals surface area contributed by atoms with Crippen molar-refractivity contribution in [1.82, 2.24) is 0 Å². The summed E-state index contributed by atoms with van der Waals surface area (Å²) in [4.78, 5) is 4.31. The van der Waals surface area contributed by atoms with Gasteiger partial charge in [0.15, 0.2) is 0 Å². The first kappa shape index (κ1) is 14.4. The summed E-state index contributed by atoms with van der Waals surface area (Å²) >= 11 is 0. The maximum absolute atomic E-state index is 7.00. The molecule has 3 nitrogen and oxygen atoms in total. The molecular weight excluding hydrogens is 222 g/mol. The van der Waals surface area contributed by atoms with Crippen molar-refractivity contribution in [2.75, 3.05) is 5.32 Å². The van der Waals surface area contributed by atoms with E-state index in [1.807, 2.05) is 19.9 Å². The summed E-state index contributed by atoms with van der Waals surface area (Å²) in [6.07, 6.45) is 2.70. The largest absolute Gasteiger partial charge is 0.362 e. The highest BCUT2D eigenvalue weighted by atomic mass is 15.1. The number of hydrogen-bond acceptors (Lipinski definition) is 3. The third-order valence-corrected chi connectivity index (χ3v) is 2.65. The lowest BCUT2D eigenvalue weighted by Gasteiger charge is -2.29. The van der Waals surface area contributed by atoms with E-state index in [4.69, 9.17) is 5.41 Å². The van der Waals surface area contributed by atoms with Crippen LogP contribution in [-0.2, 0) is 5.41 Å². The molecule has 2 N–H and O–H groups in total. The molecule has 1 aromatic rings. The van der Waals surface area contributed by atoms with Crippen molar-refractivity contribution in [2.45, 2.75) is 45.7 Å². The van der Waals surface area contributed by atoms with Gasteiger partial charge in [-0.15, -0.1) is 0 Å². The van der Waals surface area contributed by atoms with Gasteiger partial charge in [0.25, 0.3) is 0 Å². The smallest absolute Gasteiger partial charge is 0.123 e. The lowest BCUT2D eigenvalue weighted by molar-refractivity contribution is 0.575. The third kappa shape index (κ3) is 3.99. The van der Waals surface area contributed by atoms with Crippen molar-refractivity contribution in [2.24, 2.45) is 4.99 Å². The van der Waals surface area contributed by atoms with Crippen molar-refractivity contribution in [3.63, 3.8) is 0 Å². The molecule has 1 rings (SSSR count). The molecule has 0 atom stereocenters. The Hall–Kier alpha value is -1.64. The summed E-state index contributed by atoms with van der Waals surface area (Å²) in [5.74, 6) is 0. The average molecular weight is 245 g/mol. The summed E-state index contributed by atoms with van der Waals surface area (Å²) in [6, 6.07) is 8.29. The maximum Gasteiger partial charge on any atom is 0.123 e. The number of rotatable bonds is 4. The minimum absolute atomic E-state index is 0.0882. The number of nitrogens with one attached hydrogen (secondary N) is 2. The van der Waals surface area contributed by atoms with Crippen molar-refractivity contribution < 1.29 is 0 Å². The third-order valence-electron chi connectivity index (χ3n) is 2.65. The van der Waals surface area contributed by atoms with Gasteiger partial charge in [-0.25, -0.2) is 0 Å². The lowest BCUT2D eigenvalue weighted by Crippen LogP contribution is -2.30. The van der Waals surface area contributed by atoms with E-state index in [1.54, 1.807) is 0 Å². The minimum Gasteiger partial charge on any atom is -0.362 e. The van der Waals surface area contributed by atoms with Crippen LogP contribution in [0.2, 0.25) is 0 Å². The maximum atomic E-state index is 7.00. The summed E-state index contributed by atoms with van der Waals surface area (Å²) < 4.78 is 0. The van der Waals surface area contributed by atoms with Crippen LogP contribution in [-0.4, -0.2) is 18.1 Å². The molecule has 18 heavy (non-hydrogen) atoms. The van der Waals surface area contributed by atoms with Crippen LogP contribution in [0.15, 0.2) is 29.3 Å². The van der Waals surface area contributed by atoms with Crippen molar-refractivity contribution in [1.29, 1.82) is 5.41 Å². The van der Waals surface area contributed by atoms with Gasteiger partial charge in [-0.1, -0.05) is 39.0 Å². The molecule has 0 aliphatic carbocycles. The van der Waals surface area contributed by atoms with Gasteiger partial charge in [0.05, 0.1) is 0 Å². The van der Waals surface area contributed by atoms with Crippen LogP contribution < -0.4 is 5.32 Å². The Balaban J connectivity index is 3.05. The van der Waals surface area contributed by atoms with Gasteiger partial charge in [0.1, 0.15) is 5.66 Å².